The van der Waals surface area contributed by atoms with Crippen molar-refractivity contribution in [3.8, 4) is 72.4 Å². The molecule has 0 bridgehead atoms. The Kier molecular flexibility index (Phi) is 11.4. The van der Waals surface area contributed by atoms with E-state index in [0.29, 0.717) is 0 Å². The molecule has 418 valence electrons. The Balaban J connectivity index is 0.912. The Bertz CT molecular complexity index is 5660. The zero-order valence-corrected chi connectivity index (χ0v) is 49.5. The number of rotatable bonds is 8. The molecule has 0 saturated heterocycles. The first-order valence-electron chi connectivity index (χ1n) is 30.8. The number of aromatic nitrogens is 1. The summed E-state index contributed by atoms with van der Waals surface area (Å²) in [6.45, 7) is -0.128. The summed E-state index contributed by atoms with van der Waals surface area (Å²) in [7, 11) is 0. The molecule has 0 saturated carbocycles. The number of hydrogen-bond acceptors (Lipinski definition) is 4. The Labute approximate surface area is 524 Å². The maximum atomic E-state index is 6.80. The fraction of sp³-hybridized carbons (Fsp3) is 0. The number of nitrogens with zero attached hydrogens (tertiary/aromatic N) is 2. The highest BCUT2D eigenvalue weighted by Gasteiger charge is 2.43. The van der Waals surface area contributed by atoms with Gasteiger partial charge in [0, 0.05) is 81.4 Å². The van der Waals surface area contributed by atoms with Crippen molar-refractivity contribution in [2.45, 2.75) is 9.79 Å². The highest BCUT2D eigenvalue weighted by Crippen LogP contribution is 2.52. The molecule has 2 aliphatic rings. The van der Waals surface area contributed by atoms with Crippen LogP contribution in [0.3, 0.4) is 0 Å². The van der Waals surface area contributed by atoms with Gasteiger partial charge in [0.2, 0.25) is 6.71 Å². The Morgan fingerprint density at radius 3 is 1.28 bits per heavy atom. The molecule has 0 amide bonds. The molecule has 0 aliphatic carbocycles. The van der Waals surface area contributed by atoms with Gasteiger partial charge in [-0.2, -0.15) is 0 Å². The van der Waals surface area contributed by atoms with Gasteiger partial charge in [-0.25, -0.2) is 0 Å². The van der Waals surface area contributed by atoms with Crippen LogP contribution in [0.4, 0.5) is 17.1 Å². The van der Waals surface area contributed by atoms with Gasteiger partial charge in [-0.3, -0.25) is 0 Å². The molecule has 0 unspecified atom stereocenters. The van der Waals surface area contributed by atoms with Crippen LogP contribution in [0.1, 0.15) is 0 Å². The third-order valence-corrected chi connectivity index (χ3v) is 20.0. The summed E-state index contributed by atoms with van der Waals surface area (Å²) in [5, 5.41) is 6.85. The highest BCUT2D eigenvalue weighted by atomic mass is 32.2. The van der Waals surface area contributed by atoms with Crippen LogP contribution >= 0.6 is 11.8 Å². The van der Waals surface area contributed by atoms with E-state index in [1.807, 2.05) is 11.8 Å². The molecule has 17 aromatic rings. The number of hydrogen-bond donors (Lipinski definition) is 0. The molecule has 90 heavy (non-hydrogen) atoms. The molecule has 4 nitrogen and oxygen atoms in total. The van der Waals surface area contributed by atoms with Crippen LogP contribution in [0.5, 0.6) is 0 Å². The van der Waals surface area contributed by atoms with Crippen LogP contribution < -0.4 is 21.3 Å². The molecule has 0 atom stereocenters. The Morgan fingerprint density at radius 1 is 0.289 bits per heavy atom. The maximum Gasteiger partial charge on any atom is 0.249 e. The van der Waals surface area contributed by atoms with Crippen LogP contribution in [-0.2, 0) is 0 Å². The van der Waals surface area contributed by atoms with Crippen molar-refractivity contribution in [3.05, 3.63) is 309 Å². The van der Waals surface area contributed by atoms with Crippen LogP contribution in [0.2, 0.25) is 0 Å². The zero-order valence-electron chi connectivity index (χ0n) is 48.6. The molecular weight excluding hydrogens is 1110 g/mol. The minimum absolute atomic E-state index is 0.128. The van der Waals surface area contributed by atoms with Crippen molar-refractivity contribution < 1.29 is 8.83 Å². The lowest BCUT2D eigenvalue weighted by molar-refractivity contribution is 0.669. The Hall–Kier alpha value is -11.3. The van der Waals surface area contributed by atoms with E-state index in [-0.39, 0.29) is 6.71 Å². The zero-order chi connectivity index (χ0) is 59.0. The first kappa shape index (κ1) is 50.8. The molecular formula is C84H51BN2O2S. The largest absolute Gasteiger partial charge is 0.455 e. The summed E-state index contributed by atoms with van der Waals surface area (Å²) in [6.07, 6.45) is 0. The van der Waals surface area contributed by atoms with Gasteiger partial charge < -0.3 is 18.3 Å². The summed E-state index contributed by atoms with van der Waals surface area (Å²) in [5.41, 5.74) is 27.7. The monoisotopic (exact) mass is 1160 g/mol. The van der Waals surface area contributed by atoms with Gasteiger partial charge in [-0.15, -0.1) is 0 Å². The number of benzene rings is 14. The van der Waals surface area contributed by atoms with E-state index in [4.69, 9.17) is 8.83 Å². The maximum absolute atomic E-state index is 6.80. The summed E-state index contributed by atoms with van der Waals surface area (Å²) >= 11 is 1.90. The smallest absolute Gasteiger partial charge is 0.249 e. The molecule has 5 heterocycles. The lowest BCUT2D eigenvalue weighted by atomic mass is 9.34. The number of furan rings is 2. The van der Waals surface area contributed by atoms with Crippen molar-refractivity contribution in [2.24, 2.45) is 0 Å². The second kappa shape index (κ2) is 20.1. The predicted octanol–water partition coefficient (Wildman–Crippen LogP) is 21.3. The second-order valence-corrected chi connectivity index (χ2v) is 24.9. The fourth-order valence-electron chi connectivity index (χ4n) is 14.8. The summed E-state index contributed by atoms with van der Waals surface area (Å²) in [4.78, 5) is 5.11. The quantitative estimate of drug-likeness (QED) is 0.142. The van der Waals surface area contributed by atoms with E-state index >= 15 is 0 Å². The minimum atomic E-state index is -0.128. The van der Waals surface area contributed by atoms with E-state index in [1.54, 1.807) is 0 Å². The van der Waals surface area contributed by atoms with Gasteiger partial charge in [-0.05, 0) is 128 Å². The summed E-state index contributed by atoms with van der Waals surface area (Å²) in [5.74, 6) is 0. The third kappa shape index (κ3) is 7.84. The SMILES string of the molecule is c1ccc(-c2cccc(-c3ccccc3)c2N2c3cc(-c4cc(-c5ccccc5)c5oc6ccccc6c5c4)ccc3B3c4ccc(-c5cc(-c6ccccc6)c6oc7ccccc7c6c5)cc4Sc4cc(-n5c6ccccc6c6ccccc65)cc2c43)cc1. The van der Waals surface area contributed by atoms with Gasteiger partial charge in [0.25, 0.3) is 0 Å². The first-order valence-corrected chi connectivity index (χ1v) is 31.6. The molecule has 0 spiro atoms. The molecule has 2 aliphatic heterocycles. The van der Waals surface area contributed by atoms with Crippen LogP contribution in [-0.4, -0.2) is 11.3 Å². The van der Waals surface area contributed by atoms with Crippen molar-refractivity contribution in [2.75, 3.05) is 4.90 Å². The summed E-state index contributed by atoms with van der Waals surface area (Å²) < 4.78 is 16.0. The van der Waals surface area contributed by atoms with Gasteiger partial charge in [0.15, 0.2) is 0 Å². The average molecular weight is 1160 g/mol. The van der Waals surface area contributed by atoms with E-state index in [0.717, 1.165) is 133 Å². The molecule has 14 aromatic carbocycles. The fourth-order valence-corrected chi connectivity index (χ4v) is 16.0. The summed E-state index contributed by atoms with van der Waals surface area (Å²) in [6, 6.07) is 114. The van der Waals surface area contributed by atoms with Crippen LogP contribution in [0.25, 0.3) is 138 Å². The van der Waals surface area contributed by atoms with Crippen molar-refractivity contribution >= 4 is 118 Å². The van der Waals surface area contributed by atoms with Crippen molar-refractivity contribution in [1.82, 2.24) is 4.57 Å². The van der Waals surface area contributed by atoms with E-state index in [2.05, 4.69) is 319 Å². The van der Waals surface area contributed by atoms with Gasteiger partial charge >= 0.3 is 0 Å². The third-order valence-electron chi connectivity index (χ3n) is 18.8. The Morgan fingerprint density at radius 2 is 0.744 bits per heavy atom. The molecule has 3 aromatic heterocycles. The molecule has 6 heteroatoms. The molecule has 19 rings (SSSR count). The molecule has 0 N–H and O–H groups in total. The van der Waals surface area contributed by atoms with Gasteiger partial charge in [0.1, 0.15) is 22.3 Å². The van der Waals surface area contributed by atoms with Crippen molar-refractivity contribution in [3.63, 3.8) is 0 Å². The minimum Gasteiger partial charge on any atom is -0.455 e. The van der Waals surface area contributed by atoms with Gasteiger partial charge in [-0.1, -0.05) is 254 Å². The normalized spacial score (nSPS) is 12.6. The predicted molar refractivity (Wildman–Crippen MR) is 378 cm³/mol. The standard InChI is InChI=1S/C84H51BN2O2S/c1-5-22-52(23-6-1)61-34-21-35-62(53-24-7-2-8-25-53)82(61)87-75-48-56(58-44-67(54-26-9-3-10-27-54)83-69(46-58)65-32-15-19-38-77(65)88-83)40-42-71(75)85-72-43-41-57(59-45-68(55-28-11-4-12-29-55)84-70(47-59)66-33-16-20-39-78(66)89-84)49-79(72)90-80-51-60(50-76(87)81(80)85)86-73-36-17-13-30-63(73)64-31-14-18-37-74(64)86/h1-51H. The number of anilines is 3. The number of fused-ring (bicyclic) bond motifs is 13. The molecule has 0 radical (unpaired) electrons. The molecule has 0 fully saturated rings. The average Bonchev–Trinajstić information content (AvgIpc) is 0.823. The first-order chi connectivity index (χ1) is 44.6. The van der Waals surface area contributed by atoms with Crippen LogP contribution in [0, 0.1) is 0 Å². The van der Waals surface area contributed by atoms with Crippen LogP contribution in [0.15, 0.2) is 328 Å². The van der Waals surface area contributed by atoms with Crippen molar-refractivity contribution in [1.29, 1.82) is 0 Å². The highest BCUT2D eigenvalue weighted by molar-refractivity contribution is 8.00. The number of para-hydroxylation sites is 5. The van der Waals surface area contributed by atoms with E-state index < -0.39 is 0 Å². The second-order valence-electron chi connectivity index (χ2n) is 23.8. The topological polar surface area (TPSA) is 34.5 Å². The lowest BCUT2D eigenvalue weighted by Crippen LogP contribution is -2.60. The van der Waals surface area contributed by atoms with E-state index in [1.165, 1.54) is 48.0 Å². The van der Waals surface area contributed by atoms with Gasteiger partial charge in [0.05, 0.1) is 16.7 Å². The van der Waals surface area contributed by atoms with E-state index in [9.17, 15) is 0 Å². The lowest BCUT2D eigenvalue weighted by Gasteiger charge is -2.42.